The summed E-state index contributed by atoms with van der Waals surface area (Å²) in [4.78, 5) is 10.8. The first-order chi connectivity index (χ1) is 12.9. The van der Waals surface area contributed by atoms with E-state index in [1.165, 1.54) is 12.1 Å². The largest absolute Gasteiger partial charge is 1.00 e. The zero-order chi connectivity index (χ0) is 21.2. The van der Waals surface area contributed by atoms with Gasteiger partial charge in [-0.3, -0.25) is 0 Å². The van der Waals surface area contributed by atoms with E-state index >= 15 is 0 Å². The van der Waals surface area contributed by atoms with Gasteiger partial charge in [0, 0.05) is 6.04 Å². The zero-order valence-corrected chi connectivity index (χ0v) is 28.9. The Bertz CT molecular complexity index is 994. The molecule has 8 nitrogen and oxygen atoms in total. The van der Waals surface area contributed by atoms with Crippen LogP contribution in [0.2, 0.25) is 0 Å². The number of hydrogen-bond acceptors (Lipinski definition) is 8. The van der Waals surface area contributed by atoms with Crippen molar-refractivity contribution in [3.63, 3.8) is 0 Å². The van der Waals surface area contributed by atoms with E-state index in [1.54, 1.807) is 12.1 Å². The Labute approximate surface area is 272 Å². The minimum Gasteiger partial charge on any atom is -0.716 e. The number of ether oxygens (including phenoxy) is 1. The fourth-order valence-corrected chi connectivity index (χ4v) is 6.79. The average molecular weight is 901 g/mol. The maximum atomic E-state index is 10.9. The Morgan fingerprint density at radius 3 is 1.80 bits per heavy atom. The van der Waals surface area contributed by atoms with Gasteiger partial charge >= 0.3 is 59.1 Å². The fraction of sp³-hybridized carbons (Fsp3) is 0.133. The fourth-order valence-electron chi connectivity index (χ4n) is 2.06. The predicted molar refractivity (Wildman–Crippen MR) is 131 cm³/mol. The quantitative estimate of drug-likeness (QED) is 0.130. The predicted octanol–water partition coefficient (Wildman–Crippen LogP) is -3.64. The van der Waals surface area contributed by atoms with Crippen molar-refractivity contribution < 1.29 is 90.9 Å². The second-order valence-corrected chi connectivity index (χ2v) is 11.0. The minimum absolute atomic E-state index is 0. The van der Waals surface area contributed by atoms with Crippen LogP contribution in [-0.4, -0.2) is 25.0 Å². The van der Waals surface area contributed by atoms with Gasteiger partial charge in [0.2, 0.25) is 0 Å². The summed E-state index contributed by atoms with van der Waals surface area (Å²) >= 11 is 7.81. The molecule has 0 unspecified atom stereocenters. The molecule has 0 saturated carbocycles. The maximum absolute atomic E-state index is 10.9. The number of aliphatic carboxylic acids is 1. The van der Waals surface area contributed by atoms with Crippen molar-refractivity contribution in [3.8, 4) is 17.2 Å². The molecule has 0 amide bonds. The van der Waals surface area contributed by atoms with Crippen molar-refractivity contribution in [2.45, 2.75) is 12.5 Å². The molecule has 0 aliphatic carbocycles. The molecule has 0 heterocycles. The molecule has 152 valence electrons. The molecule has 2 N–H and O–H groups in total. The van der Waals surface area contributed by atoms with Crippen molar-refractivity contribution in [1.29, 1.82) is 0 Å². The molecule has 0 radical (unpaired) electrons. The first-order valence-corrected chi connectivity index (χ1v) is 12.8. The second-order valence-electron chi connectivity index (χ2n) is 5.33. The Morgan fingerprint density at radius 1 is 0.967 bits per heavy atom. The van der Waals surface area contributed by atoms with Gasteiger partial charge in [0.1, 0.15) is 5.75 Å². The van der Waals surface area contributed by atoms with Crippen LogP contribution < -0.4 is 78.9 Å². The zero-order valence-electron chi connectivity index (χ0n) is 15.4. The van der Waals surface area contributed by atoms with Gasteiger partial charge in [-0.05, 0) is 127 Å². The van der Waals surface area contributed by atoms with Gasteiger partial charge in [0.05, 0.1) is 20.3 Å². The molecular weight excluding hydrogens is 892 g/mol. The number of carbonyl (C=O) groups is 1. The Hall–Kier alpha value is 2.30. The number of carboxylic acid groups (broad SMARTS) is 1. The van der Waals surface area contributed by atoms with E-state index in [0.29, 0.717) is 18.6 Å². The van der Waals surface area contributed by atoms with E-state index in [2.05, 4.69) is 49.4 Å². The first kappa shape index (κ1) is 32.3. The van der Waals surface area contributed by atoms with Gasteiger partial charge in [0.15, 0.2) is 11.5 Å². The van der Waals surface area contributed by atoms with Crippen LogP contribution in [0.5, 0.6) is 17.2 Å². The molecule has 2 aromatic carbocycles. The molecule has 2 aromatic rings. The van der Waals surface area contributed by atoms with Gasteiger partial charge in [-0.1, -0.05) is 0 Å². The average Bonchev–Trinajstić information content (AvgIpc) is 2.53. The normalized spacial score (nSPS) is 11.7. The smallest absolute Gasteiger partial charge is 0.716 e. The Kier molecular flexibility index (Phi) is 15.1. The molecule has 2 rings (SSSR count). The number of rotatable bonds is 7. The van der Waals surface area contributed by atoms with Crippen molar-refractivity contribution in [1.82, 2.24) is 0 Å². The third-order valence-corrected chi connectivity index (χ3v) is 6.77. The van der Waals surface area contributed by atoms with E-state index in [-0.39, 0.29) is 71.3 Å². The number of carboxylic acids is 1. The number of nitrogens with two attached hydrogens (primary N) is 1. The summed E-state index contributed by atoms with van der Waals surface area (Å²) in [6.45, 7) is 0. The van der Waals surface area contributed by atoms with Crippen LogP contribution in [-0.2, 0) is 21.6 Å². The van der Waals surface area contributed by atoms with E-state index in [4.69, 9.17) is 10.5 Å². The van der Waals surface area contributed by atoms with E-state index < -0.39 is 22.4 Å². The van der Waals surface area contributed by atoms with Crippen LogP contribution in [0.15, 0.2) is 24.3 Å². The minimum atomic E-state index is -4.89. The molecule has 0 bridgehead atoms. The van der Waals surface area contributed by atoms with Gasteiger partial charge in [0.25, 0.3) is 10.4 Å². The molecule has 0 aliphatic rings. The maximum Gasteiger partial charge on any atom is 1.00 e. The summed E-state index contributed by atoms with van der Waals surface area (Å²) in [7, 11) is -4.89. The van der Waals surface area contributed by atoms with Crippen LogP contribution in [0.25, 0.3) is 0 Å². The second kappa shape index (κ2) is 14.0. The topological polar surface area (TPSA) is 142 Å². The molecule has 15 heteroatoms. The van der Waals surface area contributed by atoms with Gasteiger partial charge in [-0.2, -0.15) is 0 Å². The Morgan fingerprint density at radius 2 is 1.40 bits per heavy atom. The number of carbonyl (C=O) groups excluding carboxylic acids is 1. The third-order valence-electron chi connectivity index (χ3n) is 3.19. The Balaban J connectivity index is 0.00000420. The van der Waals surface area contributed by atoms with Crippen molar-refractivity contribution in [2.24, 2.45) is 5.73 Å². The molecule has 0 aliphatic heterocycles. The van der Waals surface area contributed by atoms with Crippen LogP contribution in [0.4, 0.5) is 0 Å². The number of hydrogen-bond donors (Lipinski definition) is 1. The molecule has 0 aromatic heterocycles. The van der Waals surface area contributed by atoms with Gasteiger partial charge in [-0.25, -0.2) is 8.42 Å². The van der Waals surface area contributed by atoms with Crippen molar-refractivity contribution in [2.75, 3.05) is 0 Å². The molecular formula is C15H9I4NNa2O7S. The van der Waals surface area contributed by atoms with Crippen LogP contribution in [0.3, 0.4) is 0 Å². The van der Waals surface area contributed by atoms with Crippen LogP contribution in [0.1, 0.15) is 5.56 Å². The standard InChI is InChI=1S/C15H11I4NO7S.2Na/c16-8-1-6(3-12(20)15(21)22)2-9(17)13(8)26-7-4-10(18)14(11(19)5-7)27-28(23,24)25;;/h1-2,4-5,12H,3,20H2,(H,21,22)(H,23,24,25);;/q;2*+1/p-2/t12-;;/m0../s1. The summed E-state index contributed by atoms with van der Waals surface area (Å²) < 4.78 is 45.2. The van der Waals surface area contributed by atoms with Crippen LogP contribution in [0, 0.1) is 14.3 Å². The molecule has 0 saturated heterocycles. The third kappa shape index (κ3) is 9.88. The molecule has 30 heavy (non-hydrogen) atoms. The summed E-state index contributed by atoms with van der Waals surface area (Å²) in [5, 5.41) is 10.8. The monoisotopic (exact) mass is 901 g/mol. The molecule has 1 atom stereocenters. The SMILES string of the molecule is N[C@@H](Cc1cc(I)c(Oc2cc(I)c(OS(=O)(=O)[O-])c(I)c2)c(I)c1)C(=O)[O-].[Na+].[Na+]. The van der Waals surface area contributed by atoms with Crippen molar-refractivity contribution in [3.05, 3.63) is 44.1 Å². The summed E-state index contributed by atoms with van der Waals surface area (Å²) in [5.41, 5.74) is 6.25. The molecule has 0 fully saturated rings. The van der Waals surface area contributed by atoms with Gasteiger partial charge in [-0.15, -0.1) is 0 Å². The van der Waals surface area contributed by atoms with Gasteiger partial charge < -0.3 is 29.1 Å². The van der Waals surface area contributed by atoms with E-state index in [1.807, 2.05) is 45.2 Å². The number of benzene rings is 2. The summed E-state index contributed by atoms with van der Waals surface area (Å²) in [6, 6.07) is 5.49. The summed E-state index contributed by atoms with van der Waals surface area (Å²) in [5.74, 6) is -0.417. The van der Waals surface area contributed by atoms with E-state index in [0.717, 1.165) is 12.7 Å². The first-order valence-electron chi connectivity index (χ1n) is 7.14. The molecule has 0 spiro atoms. The summed E-state index contributed by atoms with van der Waals surface area (Å²) in [6.07, 6.45) is 0.125. The van der Waals surface area contributed by atoms with Crippen molar-refractivity contribution >= 4 is 107 Å². The van der Waals surface area contributed by atoms with E-state index in [9.17, 15) is 22.9 Å². The number of halogens is 4. The van der Waals surface area contributed by atoms with Crippen LogP contribution >= 0.6 is 90.4 Å².